The molecule has 1 nitrogen and oxygen atoms in total. The van der Waals surface area contributed by atoms with E-state index in [0.29, 0.717) is 5.92 Å². The van der Waals surface area contributed by atoms with Crippen LogP contribution in [0.25, 0.3) is 10.9 Å². The summed E-state index contributed by atoms with van der Waals surface area (Å²) in [5, 5.41) is 1.30. The molecule has 1 aromatic heterocycles. The fraction of sp³-hybridized carbons (Fsp3) is 0.385. The van der Waals surface area contributed by atoms with Gasteiger partial charge < -0.3 is 4.98 Å². The van der Waals surface area contributed by atoms with Crippen LogP contribution in [0.5, 0.6) is 0 Å². The number of aromatic nitrogens is 1. The van der Waals surface area contributed by atoms with E-state index in [4.69, 9.17) is 0 Å². The highest BCUT2D eigenvalue weighted by molar-refractivity contribution is 5.79. The molecule has 0 amide bonds. The van der Waals surface area contributed by atoms with E-state index < -0.39 is 0 Å². The summed E-state index contributed by atoms with van der Waals surface area (Å²) in [5.74, 6) is 0.674. The first-order valence-corrected chi connectivity index (χ1v) is 5.38. The van der Waals surface area contributed by atoms with E-state index in [9.17, 15) is 0 Å². The fourth-order valence-electron chi connectivity index (χ4n) is 1.97. The first-order chi connectivity index (χ1) is 6.81. The minimum Gasteiger partial charge on any atom is -0.361 e. The summed E-state index contributed by atoms with van der Waals surface area (Å²) in [6.45, 7) is 4.54. The topological polar surface area (TPSA) is 15.8 Å². The van der Waals surface area contributed by atoms with Crippen molar-refractivity contribution in [2.75, 3.05) is 0 Å². The molecule has 1 aromatic carbocycles. The lowest BCUT2D eigenvalue weighted by molar-refractivity contribution is 0.665. The highest BCUT2D eigenvalue weighted by atomic mass is 14.7. The maximum Gasteiger partial charge on any atom is 0.0456 e. The van der Waals surface area contributed by atoms with Gasteiger partial charge in [-0.05, 0) is 35.4 Å². The zero-order valence-corrected chi connectivity index (χ0v) is 8.88. The Morgan fingerprint density at radius 1 is 1.29 bits per heavy atom. The molecule has 14 heavy (non-hydrogen) atoms. The molecule has 0 fully saturated rings. The molecule has 1 heteroatoms. The van der Waals surface area contributed by atoms with Gasteiger partial charge in [0.1, 0.15) is 0 Å². The van der Waals surface area contributed by atoms with Crippen LogP contribution >= 0.6 is 0 Å². The van der Waals surface area contributed by atoms with Gasteiger partial charge >= 0.3 is 0 Å². The number of fused-ring (bicyclic) bond motifs is 1. The molecule has 0 spiro atoms. The molecule has 0 saturated heterocycles. The van der Waals surface area contributed by atoms with E-state index in [1.807, 2.05) is 6.20 Å². The standard InChI is InChI=1S/C13H17N/c1-3-4-10(2)12-6-5-11-7-8-14-13(11)9-12/h5-10,14H,3-4H2,1-2H3. The molecule has 2 rings (SSSR count). The summed E-state index contributed by atoms with van der Waals surface area (Å²) in [4.78, 5) is 3.26. The van der Waals surface area contributed by atoms with Crippen LogP contribution in [-0.2, 0) is 0 Å². The molecular formula is C13H17N. The van der Waals surface area contributed by atoms with Gasteiger partial charge in [0.2, 0.25) is 0 Å². The van der Waals surface area contributed by atoms with Crippen molar-refractivity contribution in [3.05, 3.63) is 36.0 Å². The van der Waals surface area contributed by atoms with Gasteiger partial charge in [-0.25, -0.2) is 0 Å². The largest absolute Gasteiger partial charge is 0.361 e. The van der Waals surface area contributed by atoms with Crippen LogP contribution in [0.2, 0.25) is 0 Å². The first-order valence-electron chi connectivity index (χ1n) is 5.38. The van der Waals surface area contributed by atoms with Crippen molar-refractivity contribution >= 4 is 10.9 Å². The van der Waals surface area contributed by atoms with Gasteiger partial charge in [0.25, 0.3) is 0 Å². The zero-order valence-electron chi connectivity index (χ0n) is 8.88. The molecule has 0 bridgehead atoms. The monoisotopic (exact) mass is 187 g/mol. The maximum atomic E-state index is 3.26. The third-order valence-corrected chi connectivity index (χ3v) is 2.87. The second-order valence-corrected chi connectivity index (χ2v) is 4.01. The van der Waals surface area contributed by atoms with Crippen molar-refractivity contribution < 1.29 is 0 Å². The quantitative estimate of drug-likeness (QED) is 0.745. The van der Waals surface area contributed by atoms with E-state index in [1.54, 1.807) is 0 Å². The lowest BCUT2D eigenvalue weighted by Gasteiger charge is -2.10. The Kier molecular flexibility index (Phi) is 2.58. The highest BCUT2D eigenvalue weighted by Gasteiger charge is 2.04. The van der Waals surface area contributed by atoms with Crippen molar-refractivity contribution in [2.24, 2.45) is 0 Å². The zero-order chi connectivity index (χ0) is 9.97. The smallest absolute Gasteiger partial charge is 0.0456 e. The predicted octanol–water partition coefficient (Wildman–Crippen LogP) is 4.07. The Morgan fingerprint density at radius 3 is 2.93 bits per heavy atom. The molecule has 1 heterocycles. The molecular weight excluding hydrogens is 170 g/mol. The molecule has 74 valence electrons. The van der Waals surface area contributed by atoms with Crippen LogP contribution in [0.4, 0.5) is 0 Å². The third kappa shape index (κ3) is 1.67. The van der Waals surface area contributed by atoms with Crippen LogP contribution in [-0.4, -0.2) is 4.98 Å². The molecule has 0 radical (unpaired) electrons. The van der Waals surface area contributed by atoms with E-state index in [1.165, 1.54) is 29.3 Å². The van der Waals surface area contributed by atoms with E-state index in [-0.39, 0.29) is 0 Å². The van der Waals surface area contributed by atoms with Crippen LogP contribution in [0, 0.1) is 0 Å². The fourth-order valence-corrected chi connectivity index (χ4v) is 1.97. The van der Waals surface area contributed by atoms with Gasteiger partial charge in [-0.2, -0.15) is 0 Å². The lowest BCUT2D eigenvalue weighted by atomic mass is 9.96. The minimum absolute atomic E-state index is 0.674. The van der Waals surface area contributed by atoms with Gasteiger partial charge in [-0.3, -0.25) is 0 Å². The minimum atomic E-state index is 0.674. The Hall–Kier alpha value is -1.24. The maximum absolute atomic E-state index is 3.26. The SMILES string of the molecule is CCCC(C)c1ccc2cc[nH]c2c1. The average Bonchev–Trinajstić information content (AvgIpc) is 2.64. The van der Waals surface area contributed by atoms with E-state index >= 15 is 0 Å². The van der Waals surface area contributed by atoms with Gasteiger partial charge in [0.15, 0.2) is 0 Å². The highest BCUT2D eigenvalue weighted by Crippen LogP contribution is 2.23. The molecule has 1 unspecified atom stereocenters. The van der Waals surface area contributed by atoms with Crippen molar-refractivity contribution in [3.8, 4) is 0 Å². The van der Waals surface area contributed by atoms with Gasteiger partial charge in [-0.1, -0.05) is 32.4 Å². The summed E-state index contributed by atoms with van der Waals surface area (Å²) in [5.41, 5.74) is 2.70. The van der Waals surface area contributed by atoms with Crippen molar-refractivity contribution in [1.29, 1.82) is 0 Å². The summed E-state index contributed by atoms with van der Waals surface area (Å²) in [6, 6.07) is 8.84. The molecule has 1 atom stereocenters. The van der Waals surface area contributed by atoms with Crippen molar-refractivity contribution in [1.82, 2.24) is 4.98 Å². The number of rotatable bonds is 3. The molecule has 0 aliphatic heterocycles. The molecule has 1 N–H and O–H groups in total. The Morgan fingerprint density at radius 2 is 2.14 bits per heavy atom. The number of H-pyrrole nitrogens is 1. The van der Waals surface area contributed by atoms with Gasteiger partial charge in [0.05, 0.1) is 0 Å². The van der Waals surface area contributed by atoms with Crippen molar-refractivity contribution in [2.45, 2.75) is 32.6 Å². The van der Waals surface area contributed by atoms with Crippen LogP contribution in [0.3, 0.4) is 0 Å². The summed E-state index contributed by atoms with van der Waals surface area (Å²) >= 11 is 0. The van der Waals surface area contributed by atoms with Crippen molar-refractivity contribution in [3.63, 3.8) is 0 Å². The molecule has 0 saturated carbocycles. The summed E-state index contributed by atoms with van der Waals surface area (Å²) < 4.78 is 0. The summed E-state index contributed by atoms with van der Waals surface area (Å²) in [6.07, 6.45) is 4.52. The number of aromatic amines is 1. The summed E-state index contributed by atoms with van der Waals surface area (Å²) in [7, 11) is 0. The molecule has 0 aliphatic carbocycles. The average molecular weight is 187 g/mol. The normalized spacial score (nSPS) is 13.3. The van der Waals surface area contributed by atoms with E-state index in [2.05, 4.69) is 43.1 Å². The van der Waals surface area contributed by atoms with E-state index in [0.717, 1.165) is 0 Å². The lowest BCUT2D eigenvalue weighted by Crippen LogP contribution is -1.92. The first kappa shape index (κ1) is 9.32. The number of hydrogen-bond acceptors (Lipinski definition) is 0. The van der Waals surface area contributed by atoms with Gasteiger partial charge in [0, 0.05) is 11.7 Å². The third-order valence-electron chi connectivity index (χ3n) is 2.87. The second-order valence-electron chi connectivity index (χ2n) is 4.01. The van der Waals surface area contributed by atoms with Gasteiger partial charge in [-0.15, -0.1) is 0 Å². The van der Waals surface area contributed by atoms with Crippen LogP contribution in [0.15, 0.2) is 30.5 Å². The Bertz CT molecular complexity index is 414. The predicted molar refractivity (Wildman–Crippen MR) is 61.6 cm³/mol. The number of nitrogens with one attached hydrogen (secondary N) is 1. The molecule has 2 aromatic rings. The Balaban J connectivity index is 2.33. The van der Waals surface area contributed by atoms with Crippen LogP contribution in [0.1, 0.15) is 38.2 Å². The second kappa shape index (κ2) is 3.87. The molecule has 0 aliphatic rings. The van der Waals surface area contributed by atoms with Crippen LogP contribution < -0.4 is 0 Å². The number of hydrogen-bond donors (Lipinski definition) is 1. The Labute approximate surface area is 85.1 Å². The number of benzene rings is 1.